The lowest BCUT2D eigenvalue weighted by Crippen LogP contribution is -2.39. The van der Waals surface area contributed by atoms with Gasteiger partial charge in [-0.3, -0.25) is 9.59 Å². The van der Waals surface area contributed by atoms with Crippen molar-refractivity contribution in [3.8, 4) is 0 Å². The molecule has 0 radical (unpaired) electrons. The zero-order valence-corrected chi connectivity index (χ0v) is 14.2. The van der Waals surface area contributed by atoms with Crippen LogP contribution in [0.5, 0.6) is 0 Å². The number of amides is 2. The Hall–Kier alpha value is -2.87. The van der Waals surface area contributed by atoms with Crippen LogP contribution < -0.4 is 5.32 Å². The van der Waals surface area contributed by atoms with Gasteiger partial charge in [0.25, 0.3) is 11.8 Å². The SMILES string of the molecule is CNC(=O)c1ccc2n1CCN(C(=O)c1cc3ncc(Cl)cn3n1)C2. The van der Waals surface area contributed by atoms with E-state index in [2.05, 4.69) is 15.4 Å². The van der Waals surface area contributed by atoms with Crippen LogP contribution in [0, 0.1) is 0 Å². The third kappa shape index (κ3) is 2.64. The van der Waals surface area contributed by atoms with Crippen LogP contribution in [0.15, 0.2) is 30.6 Å². The molecule has 0 aromatic carbocycles. The Morgan fingerprint density at radius 1 is 1.28 bits per heavy atom. The quantitative estimate of drug-likeness (QED) is 0.746. The number of hydrogen-bond donors (Lipinski definition) is 1. The summed E-state index contributed by atoms with van der Waals surface area (Å²) in [6, 6.07) is 5.29. The molecule has 2 amide bonds. The molecule has 25 heavy (non-hydrogen) atoms. The molecule has 4 heterocycles. The maximum Gasteiger partial charge on any atom is 0.274 e. The molecule has 1 aliphatic rings. The Morgan fingerprint density at radius 3 is 2.92 bits per heavy atom. The molecule has 0 fully saturated rings. The predicted molar refractivity (Wildman–Crippen MR) is 90.6 cm³/mol. The standard InChI is InChI=1S/C16H15ClN6O2/c1-18-15(24)13-3-2-11-9-21(4-5-22(11)13)16(25)12-6-14-19-7-10(17)8-23(14)20-12/h2-3,6-8H,4-5,9H2,1H3,(H,18,24). The zero-order chi connectivity index (χ0) is 17.6. The lowest BCUT2D eigenvalue weighted by molar-refractivity contribution is 0.0703. The Kier molecular flexibility index (Phi) is 3.69. The van der Waals surface area contributed by atoms with Gasteiger partial charge in [0.2, 0.25) is 0 Å². The van der Waals surface area contributed by atoms with Gasteiger partial charge < -0.3 is 14.8 Å². The Balaban J connectivity index is 1.59. The van der Waals surface area contributed by atoms with Gasteiger partial charge in [0.05, 0.1) is 17.8 Å². The molecule has 0 spiro atoms. The van der Waals surface area contributed by atoms with Crippen LogP contribution in [-0.4, -0.2) is 49.5 Å². The Bertz CT molecular complexity index is 992. The molecule has 128 valence electrons. The van der Waals surface area contributed by atoms with Crippen molar-refractivity contribution in [2.75, 3.05) is 13.6 Å². The normalized spacial score (nSPS) is 13.8. The molecule has 0 bridgehead atoms. The number of fused-ring (bicyclic) bond motifs is 2. The zero-order valence-electron chi connectivity index (χ0n) is 13.4. The van der Waals surface area contributed by atoms with Gasteiger partial charge in [0.15, 0.2) is 11.3 Å². The molecule has 1 aliphatic heterocycles. The van der Waals surface area contributed by atoms with Crippen molar-refractivity contribution in [2.45, 2.75) is 13.1 Å². The summed E-state index contributed by atoms with van der Waals surface area (Å²) in [5.74, 6) is -0.301. The van der Waals surface area contributed by atoms with Crippen LogP contribution in [-0.2, 0) is 13.1 Å². The van der Waals surface area contributed by atoms with Gasteiger partial charge in [-0.15, -0.1) is 0 Å². The first kappa shape index (κ1) is 15.6. The Morgan fingerprint density at radius 2 is 2.12 bits per heavy atom. The molecule has 3 aromatic rings. The van der Waals surface area contributed by atoms with E-state index in [1.807, 2.05) is 10.6 Å². The fourth-order valence-corrected chi connectivity index (χ4v) is 3.17. The highest BCUT2D eigenvalue weighted by Crippen LogP contribution is 2.19. The van der Waals surface area contributed by atoms with Crippen molar-refractivity contribution in [3.05, 3.63) is 52.7 Å². The largest absolute Gasteiger partial charge is 0.354 e. The summed E-state index contributed by atoms with van der Waals surface area (Å²) >= 11 is 5.90. The highest BCUT2D eigenvalue weighted by atomic mass is 35.5. The molecule has 0 aliphatic carbocycles. The van der Waals surface area contributed by atoms with Gasteiger partial charge in [-0.05, 0) is 12.1 Å². The first-order valence-corrected chi connectivity index (χ1v) is 8.15. The van der Waals surface area contributed by atoms with Crippen molar-refractivity contribution in [1.29, 1.82) is 0 Å². The number of halogens is 1. The first-order chi connectivity index (χ1) is 12.1. The second-order valence-corrected chi connectivity index (χ2v) is 6.21. The predicted octanol–water partition coefficient (Wildman–Crippen LogP) is 1.20. The second kappa shape index (κ2) is 5.89. The number of aromatic nitrogens is 4. The summed E-state index contributed by atoms with van der Waals surface area (Å²) < 4.78 is 3.43. The van der Waals surface area contributed by atoms with E-state index in [9.17, 15) is 9.59 Å². The van der Waals surface area contributed by atoms with Crippen molar-refractivity contribution in [1.82, 2.24) is 29.4 Å². The molecule has 9 heteroatoms. The number of carbonyl (C=O) groups is 2. The minimum atomic E-state index is -0.171. The maximum absolute atomic E-state index is 12.8. The number of nitrogens with zero attached hydrogens (tertiary/aromatic N) is 5. The van der Waals surface area contributed by atoms with Crippen molar-refractivity contribution >= 4 is 29.1 Å². The number of nitrogens with one attached hydrogen (secondary N) is 1. The summed E-state index contributed by atoms with van der Waals surface area (Å²) in [4.78, 5) is 30.5. The average molecular weight is 359 g/mol. The molecule has 0 atom stereocenters. The molecule has 0 saturated carbocycles. The topological polar surface area (TPSA) is 84.5 Å². The highest BCUT2D eigenvalue weighted by molar-refractivity contribution is 6.30. The summed E-state index contributed by atoms with van der Waals surface area (Å²) in [5, 5.41) is 7.34. The monoisotopic (exact) mass is 358 g/mol. The van der Waals surface area contributed by atoms with Crippen LogP contribution >= 0.6 is 11.6 Å². The van der Waals surface area contributed by atoms with Crippen LogP contribution in [0.3, 0.4) is 0 Å². The number of rotatable bonds is 2. The van der Waals surface area contributed by atoms with E-state index in [-0.39, 0.29) is 11.8 Å². The summed E-state index contributed by atoms with van der Waals surface area (Å²) in [7, 11) is 1.60. The van der Waals surface area contributed by atoms with Crippen LogP contribution in [0.4, 0.5) is 0 Å². The van der Waals surface area contributed by atoms with Gasteiger partial charge in [-0.25, -0.2) is 9.50 Å². The fraction of sp³-hybridized carbons (Fsp3) is 0.250. The van der Waals surface area contributed by atoms with Gasteiger partial charge in [-0.1, -0.05) is 11.6 Å². The van der Waals surface area contributed by atoms with E-state index in [0.29, 0.717) is 41.7 Å². The molecule has 8 nitrogen and oxygen atoms in total. The van der Waals surface area contributed by atoms with Crippen LogP contribution in [0.25, 0.3) is 5.65 Å². The number of carbonyl (C=O) groups excluding carboxylic acids is 2. The van der Waals surface area contributed by atoms with Crippen molar-refractivity contribution in [2.24, 2.45) is 0 Å². The van der Waals surface area contributed by atoms with E-state index in [1.54, 1.807) is 30.3 Å². The smallest absolute Gasteiger partial charge is 0.274 e. The molecule has 0 saturated heterocycles. The van der Waals surface area contributed by atoms with E-state index >= 15 is 0 Å². The van der Waals surface area contributed by atoms with Gasteiger partial charge in [-0.2, -0.15) is 5.10 Å². The molecule has 3 aromatic heterocycles. The molecular weight excluding hydrogens is 344 g/mol. The fourth-order valence-electron chi connectivity index (χ4n) is 3.03. The van der Waals surface area contributed by atoms with Crippen LogP contribution in [0.2, 0.25) is 5.02 Å². The summed E-state index contributed by atoms with van der Waals surface area (Å²) in [6.07, 6.45) is 3.12. The van der Waals surface area contributed by atoms with Crippen LogP contribution in [0.1, 0.15) is 26.7 Å². The minimum Gasteiger partial charge on any atom is -0.354 e. The Labute approximate surface area is 148 Å². The number of hydrogen-bond acceptors (Lipinski definition) is 4. The highest BCUT2D eigenvalue weighted by Gasteiger charge is 2.26. The van der Waals surface area contributed by atoms with E-state index in [0.717, 1.165) is 5.69 Å². The van der Waals surface area contributed by atoms with Gasteiger partial charge >= 0.3 is 0 Å². The molecule has 0 unspecified atom stereocenters. The molecular formula is C16H15ClN6O2. The van der Waals surface area contributed by atoms with E-state index in [4.69, 9.17) is 11.6 Å². The molecule has 1 N–H and O–H groups in total. The van der Waals surface area contributed by atoms with Gasteiger partial charge in [0.1, 0.15) is 5.69 Å². The second-order valence-electron chi connectivity index (χ2n) is 5.77. The van der Waals surface area contributed by atoms with E-state index in [1.165, 1.54) is 10.7 Å². The first-order valence-electron chi connectivity index (χ1n) is 7.77. The lowest BCUT2D eigenvalue weighted by atomic mass is 10.2. The lowest BCUT2D eigenvalue weighted by Gasteiger charge is -2.28. The van der Waals surface area contributed by atoms with E-state index < -0.39 is 0 Å². The van der Waals surface area contributed by atoms with Gasteiger partial charge in [0, 0.05) is 38.1 Å². The summed E-state index contributed by atoms with van der Waals surface area (Å²) in [5.41, 5.74) is 2.41. The van der Waals surface area contributed by atoms with Crippen molar-refractivity contribution in [3.63, 3.8) is 0 Å². The molecule has 4 rings (SSSR count). The average Bonchev–Trinajstić information content (AvgIpc) is 3.23. The third-order valence-electron chi connectivity index (χ3n) is 4.27. The van der Waals surface area contributed by atoms with Crippen molar-refractivity contribution < 1.29 is 9.59 Å². The third-order valence-corrected chi connectivity index (χ3v) is 4.46. The minimum absolute atomic E-state index is 0.130. The maximum atomic E-state index is 12.8. The summed E-state index contributed by atoms with van der Waals surface area (Å²) in [6.45, 7) is 1.50.